The van der Waals surface area contributed by atoms with Crippen LogP contribution in [0.25, 0.3) is 17.2 Å². The number of amides is 1. The summed E-state index contributed by atoms with van der Waals surface area (Å²) in [5.74, 6) is 0.734. The Bertz CT molecular complexity index is 1260. The lowest BCUT2D eigenvalue weighted by atomic mass is 9.98. The molecule has 2 aliphatic heterocycles. The van der Waals surface area contributed by atoms with Gasteiger partial charge >= 0.3 is 0 Å². The Morgan fingerprint density at radius 3 is 2.54 bits per heavy atom. The number of likely N-dealkylation sites (tertiary alicyclic amines) is 1. The first-order valence-electron chi connectivity index (χ1n) is 13.3. The van der Waals surface area contributed by atoms with Crippen LogP contribution in [0.2, 0.25) is 0 Å². The van der Waals surface area contributed by atoms with Crippen molar-refractivity contribution in [1.29, 1.82) is 0 Å². The number of hydrogen-bond donors (Lipinski definition) is 2. The summed E-state index contributed by atoms with van der Waals surface area (Å²) in [6, 6.07) is 24.0. The molecule has 5 rings (SSSR count). The van der Waals surface area contributed by atoms with Gasteiger partial charge in [-0.2, -0.15) is 0 Å². The van der Waals surface area contributed by atoms with Crippen LogP contribution < -0.4 is 15.4 Å². The molecule has 3 aromatic rings. The van der Waals surface area contributed by atoms with Crippen molar-refractivity contribution in [2.75, 3.05) is 25.5 Å². The molecule has 192 valence electrons. The SMILES string of the molecule is Cc1ccc(-c2ccc3c(c2)C=C(C(=O)Nc2ccc(CNC4CCN(C)C(C)C4)cc2)CCO3)cc1. The molecule has 0 aromatic heterocycles. The normalized spacial score (nSPS) is 19.8. The number of nitrogens with one attached hydrogen (secondary N) is 2. The predicted molar refractivity (Wildman–Crippen MR) is 152 cm³/mol. The summed E-state index contributed by atoms with van der Waals surface area (Å²) in [5.41, 5.74) is 7.19. The Morgan fingerprint density at radius 1 is 1.03 bits per heavy atom. The lowest BCUT2D eigenvalue weighted by molar-refractivity contribution is -0.113. The van der Waals surface area contributed by atoms with E-state index in [9.17, 15) is 4.79 Å². The van der Waals surface area contributed by atoms with Crippen molar-refractivity contribution in [2.45, 2.75) is 51.7 Å². The molecule has 1 saturated heterocycles. The maximum Gasteiger partial charge on any atom is 0.251 e. The van der Waals surface area contributed by atoms with Gasteiger partial charge in [0.15, 0.2) is 0 Å². The lowest BCUT2D eigenvalue weighted by Crippen LogP contribution is -2.45. The van der Waals surface area contributed by atoms with Crippen LogP contribution in [0, 0.1) is 6.92 Å². The van der Waals surface area contributed by atoms with Gasteiger partial charge in [0, 0.05) is 41.9 Å². The number of piperidine rings is 1. The maximum atomic E-state index is 13.1. The number of hydrogen-bond acceptors (Lipinski definition) is 4. The van der Waals surface area contributed by atoms with Crippen molar-refractivity contribution in [1.82, 2.24) is 10.2 Å². The van der Waals surface area contributed by atoms with Gasteiger partial charge in [-0.05, 0) is 87.3 Å². The molecule has 3 aromatic carbocycles. The molecule has 0 radical (unpaired) electrons. The Morgan fingerprint density at radius 2 is 1.78 bits per heavy atom. The largest absolute Gasteiger partial charge is 0.493 e. The first-order valence-corrected chi connectivity index (χ1v) is 13.3. The second-order valence-corrected chi connectivity index (χ2v) is 10.5. The fraction of sp³-hybridized carbons (Fsp3) is 0.344. The highest BCUT2D eigenvalue weighted by atomic mass is 16.5. The average molecular weight is 496 g/mol. The summed E-state index contributed by atoms with van der Waals surface area (Å²) >= 11 is 0. The Hall–Kier alpha value is -3.41. The van der Waals surface area contributed by atoms with Crippen LogP contribution in [0.15, 0.2) is 72.3 Å². The van der Waals surface area contributed by atoms with Gasteiger partial charge in [0.1, 0.15) is 5.75 Å². The van der Waals surface area contributed by atoms with Gasteiger partial charge in [0.2, 0.25) is 0 Å². The van der Waals surface area contributed by atoms with Crippen molar-refractivity contribution >= 4 is 17.7 Å². The third-order valence-electron chi connectivity index (χ3n) is 7.66. The third kappa shape index (κ3) is 6.30. The zero-order chi connectivity index (χ0) is 25.8. The number of anilines is 1. The summed E-state index contributed by atoms with van der Waals surface area (Å²) in [7, 11) is 2.20. The van der Waals surface area contributed by atoms with E-state index in [0.717, 1.165) is 46.8 Å². The number of benzene rings is 3. The molecule has 37 heavy (non-hydrogen) atoms. The van der Waals surface area contributed by atoms with E-state index in [4.69, 9.17) is 4.74 Å². The molecule has 2 N–H and O–H groups in total. The van der Waals surface area contributed by atoms with E-state index >= 15 is 0 Å². The smallest absolute Gasteiger partial charge is 0.251 e. The third-order valence-corrected chi connectivity index (χ3v) is 7.66. The standard InChI is InChI=1S/C32H37N3O2/c1-22-4-8-25(9-5-22)26-10-13-31-28(19-26)20-27(15-17-37-31)32(36)34-29-11-6-24(7-12-29)21-33-30-14-16-35(3)23(2)18-30/h4-13,19-20,23,30,33H,14-18,21H2,1-3H3,(H,34,36). The Labute approximate surface area is 220 Å². The molecule has 2 aliphatic rings. The molecular weight excluding hydrogens is 458 g/mol. The molecule has 0 spiro atoms. The summed E-state index contributed by atoms with van der Waals surface area (Å²) in [4.78, 5) is 15.6. The first kappa shape index (κ1) is 25.2. The van der Waals surface area contributed by atoms with E-state index in [0.29, 0.717) is 25.1 Å². The van der Waals surface area contributed by atoms with E-state index in [1.807, 2.05) is 24.3 Å². The van der Waals surface area contributed by atoms with Gasteiger partial charge in [-0.1, -0.05) is 48.0 Å². The molecule has 5 nitrogen and oxygen atoms in total. The molecule has 2 heterocycles. The molecule has 0 aliphatic carbocycles. The van der Waals surface area contributed by atoms with Crippen LogP contribution in [0.3, 0.4) is 0 Å². The quantitative estimate of drug-likeness (QED) is 0.438. The van der Waals surface area contributed by atoms with E-state index in [2.05, 4.69) is 85.0 Å². The van der Waals surface area contributed by atoms with Crippen LogP contribution in [0.4, 0.5) is 5.69 Å². The zero-order valence-corrected chi connectivity index (χ0v) is 22.1. The summed E-state index contributed by atoms with van der Waals surface area (Å²) < 4.78 is 5.95. The Kier molecular flexibility index (Phi) is 7.73. The van der Waals surface area contributed by atoms with Crippen molar-refractivity contribution < 1.29 is 9.53 Å². The molecule has 1 fully saturated rings. The van der Waals surface area contributed by atoms with Crippen LogP contribution in [0.5, 0.6) is 5.75 Å². The number of rotatable bonds is 6. The number of nitrogens with zero attached hydrogens (tertiary/aromatic N) is 1. The summed E-state index contributed by atoms with van der Waals surface area (Å²) in [6.45, 7) is 6.85. The first-order chi connectivity index (χ1) is 17.9. The van der Waals surface area contributed by atoms with E-state index < -0.39 is 0 Å². The van der Waals surface area contributed by atoms with Crippen LogP contribution in [-0.4, -0.2) is 43.1 Å². The van der Waals surface area contributed by atoms with Gasteiger partial charge in [-0.15, -0.1) is 0 Å². The molecule has 2 unspecified atom stereocenters. The van der Waals surface area contributed by atoms with E-state index in [-0.39, 0.29) is 5.91 Å². The number of aryl methyl sites for hydroxylation is 1. The molecule has 0 bridgehead atoms. The number of ether oxygens (including phenoxy) is 1. The summed E-state index contributed by atoms with van der Waals surface area (Å²) in [6.07, 6.45) is 4.90. The molecule has 2 atom stereocenters. The fourth-order valence-corrected chi connectivity index (χ4v) is 5.08. The average Bonchev–Trinajstić information content (AvgIpc) is 3.13. The zero-order valence-electron chi connectivity index (χ0n) is 22.1. The molecule has 0 saturated carbocycles. The molecule has 1 amide bonds. The van der Waals surface area contributed by atoms with Crippen LogP contribution in [-0.2, 0) is 11.3 Å². The highest BCUT2D eigenvalue weighted by Crippen LogP contribution is 2.31. The minimum absolute atomic E-state index is 0.0802. The molecular formula is C32H37N3O2. The highest BCUT2D eigenvalue weighted by molar-refractivity contribution is 6.07. The van der Waals surface area contributed by atoms with Crippen LogP contribution in [0.1, 0.15) is 42.9 Å². The van der Waals surface area contributed by atoms with Crippen LogP contribution >= 0.6 is 0 Å². The number of carbonyl (C=O) groups is 1. The van der Waals surface area contributed by atoms with Gasteiger partial charge in [0.05, 0.1) is 6.61 Å². The molecule has 5 heteroatoms. The van der Waals surface area contributed by atoms with E-state index in [1.165, 1.54) is 24.0 Å². The highest BCUT2D eigenvalue weighted by Gasteiger charge is 2.22. The number of carbonyl (C=O) groups excluding carboxylic acids is 1. The maximum absolute atomic E-state index is 13.1. The van der Waals surface area contributed by atoms with Gasteiger partial charge < -0.3 is 20.3 Å². The van der Waals surface area contributed by atoms with Crippen molar-refractivity contribution in [3.05, 3.63) is 89.0 Å². The topological polar surface area (TPSA) is 53.6 Å². The predicted octanol–water partition coefficient (Wildman–Crippen LogP) is 6.04. The van der Waals surface area contributed by atoms with Crippen molar-refractivity contribution in [3.63, 3.8) is 0 Å². The van der Waals surface area contributed by atoms with Crippen molar-refractivity contribution in [2.24, 2.45) is 0 Å². The minimum atomic E-state index is -0.0802. The van der Waals surface area contributed by atoms with Gasteiger partial charge in [0.25, 0.3) is 5.91 Å². The van der Waals surface area contributed by atoms with Crippen molar-refractivity contribution in [3.8, 4) is 16.9 Å². The minimum Gasteiger partial charge on any atom is -0.493 e. The van der Waals surface area contributed by atoms with Gasteiger partial charge in [-0.25, -0.2) is 0 Å². The van der Waals surface area contributed by atoms with E-state index in [1.54, 1.807) is 0 Å². The van der Waals surface area contributed by atoms with Gasteiger partial charge in [-0.3, -0.25) is 4.79 Å². The second-order valence-electron chi connectivity index (χ2n) is 10.5. The second kappa shape index (κ2) is 11.3. The fourth-order valence-electron chi connectivity index (χ4n) is 5.08. The Balaban J connectivity index is 1.22. The lowest BCUT2D eigenvalue weighted by Gasteiger charge is -2.35. The monoisotopic (exact) mass is 495 g/mol. The number of fused-ring (bicyclic) bond motifs is 1. The summed E-state index contributed by atoms with van der Waals surface area (Å²) in [5, 5.41) is 6.78.